The molecule has 0 radical (unpaired) electrons. The molecule has 1 aromatic rings. The van der Waals surface area contributed by atoms with Crippen LogP contribution in [-0.4, -0.2) is 29.3 Å². The van der Waals surface area contributed by atoms with Crippen LogP contribution < -0.4 is 4.90 Å². The van der Waals surface area contributed by atoms with Crippen LogP contribution in [0.15, 0.2) is 18.3 Å². The molecule has 0 bridgehead atoms. The van der Waals surface area contributed by atoms with Crippen LogP contribution in [0, 0.1) is 6.57 Å². The number of anilines is 1. The molecule has 0 unspecified atom stereocenters. The molecule has 66 valence electrons. The van der Waals surface area contributed by atoms with E-state index in [1.807, 2.05) is 4.90 Å². The molecule has 4 heteroatoms. The van der Waals surface area contributed by atoms with Gasteiger partial charge >= 0.3 is 0 Å². The van der Waals surface area contributed by atoms with Crippen molar-refractivity contribution in [2.75, 3.05) is 18.0 Å². The Morgan fingerprint density at radius 1 is 1.62 bits per heavy atom. The van der Waals surface area contributed by atoms with Gasteiger partial charge in [0.05, 0.1) is 12.7 Å². The minimum Gasteiger partial charge on any atom is -0.389 e. The molecule has 13 heavy (non-hydrogen) atoms. The number of aliphatic hydroxyl groups excluding tert-OH is 1. The summed E-state index contributed by atoms with van der Waals surface area (Å²) >= 11 is 0. The van der Waals surface area contributed by atoms with Gasteiger partial charge in [0, 0.05) is 19.3 Å². The summed E-state index contributed by atoms with van der Waals surface area (Å²) in [7, 11) is 0. The van der Waals surface area contributed by atoms with Crippen LogP contribution in [0.1, 0.15) is 0 Å². The average Bonchev–Trinajstić information content (AvgIpc) is 2.13. The summed E-state index contributed by atoms with van der Waals surface area (Å²) in [6, 6.07) is 3.41. The van der Waals surface area contributed by atoms with E-state index in [2.05, 4.69) is 9.83 Å². The van der Waals surface area contributed by atoms with Crippen LogP contribution in [-0.2, 0) is 0 Å². The molecule has 0 aromatic carbocycles. The molecule has 0 amide bonds. The zero-order valence-electron chi connectivity index (χ0n) is 7.01. The highest BCUT2D eigenvalue weighted by atomic mass is 16.3. The second kappa shape index (κ2) is 3.04. The topological polar surface area (TPSA) is 40.7 Å². The van der Waals surface area contributed by atoms with Gasteiger partial charge in [0.25, 0.3) is 0 Å². The van der Waals surface area contributed by atoms with E-state index in [-0.39, 0.29) is 6.10 Å². The molecule has 0 spiro atoms. The number of rotatable bonds is 1. The summed E-state index contributed by atoms with van der Waals surface area (Å²) in [4.78, 5) is 9.37. The third-order valence-corrected chi connectivity index (χ3v) is 2.04. The Balaban J connectivity index is 2.18. The largest absolute Gasteiger partial charge is 0.389 e. The molecular weight excluding hydrogens is 166 g/mol. The Kier molecular flexibility index (Phi) is 1.87. The molecule has 1 aliphatic heterocycles. The van der Waals surface area contributed by atoms with E-state index in [0.717, 1.165) is 5.82 Å². The fraction of sp³-hybridized carbons (Fsp3) is 0.333. The van der Waals surface area contributed by atoms with Gasteiger partial charge in [0.1, 0.15) is 5.82 Å². The fourth-order valence-corrected chi connectivity index (χ4v) is 1.29. The number of aliphatic hydroxyl groups is 1. The van der Waals surface area contributed by atoms with Gasteiger partial charge in [-0.2, -0.15) is 0 Å². The van der Waals surface area contributed by atoms with Gasteiger partial charge < -0.3 is 10.0 Å². The molecule has 1 fully saturated rings. The molecule has 4 nitrogen and oxygen atoms in total. The molecule has 1 aromatic heterocycles. The molecule has 2 heterocycles. The maximum Gasteiger partial charge on any atom is 0.192 e. The highest BCUT2D eigenvalue weighted by Crippen LogP contribution is 2.22. The molecular formula is C9H9N3O. The number of β-amino-alcohol motifs (C(OH)–C–C–N with tert-alkyl or cyclic N) is 1. The van der Waals surface area contributed by atoms with Gasteiger partial charge in [-0.05, 0) is 12.1 Å². The normalized spacial score (nSPS) is 16.5. The van der Waals surface area contributed by atoms with E-state index in [0.29, 0.717) is 18.8 Å². The fourth-order valence-electron chi connectivity index (χ4n) is 1.29. The molecule has 1 aliphatic rings. The monoisotopic (exact) mass is 175 g/mol. The predicted molar refractivity (Wildman–Crippen MR) is 48.7 cm³/mol. The number of nitrogens with zero attached hydrogens (tertiary/aromatic N) is 3. The average molecular weight is 175 g/mol. The van der Waals surface area contributed by atoms with Crippen molar-refractivity contribution in [2.45, 2.75) is 6.10 Å². The van der Waals surface area contributed by atoms with Crippen molar-refractivity contribution in [3.63, 3.8) is 0 Å². The number of hydrogen-bond acceptors (Lipinski definition) is 3. The Hall–Kier alpha value is -1.60. The molecule has 0 saturated carbocycles. The lowest BCUT2D eigenvalue weighted by molar-refractivity contribution is 0.141. The van der Waals surface area contributed by atoms with Gasteiger partial charge in [0.2, 0.25) is 0 Å². The van der Waals surface area contributed by atoms with Gasteiger partial charge in [-0.25, -0.2) is 9.83 Å². The maximum atomic E-state index is 9.08. The van der Waals surface area contributed by atoms with Crippen LogP contribution in [0.3, 0.4) is 0 Å². The summed E-state index contributed by atoms with van der Waals surface area (Å²) in [6.45, 7) is 8.06. The van der Waals surface area contributed by atoms with Gasteiger partial charge in [0.15, 0.2) is 5.69 Å². The second-order valence-corrected chi connectivity index (χ2v) is 3.04. The lowest BCUT2D eigenvalue weighted by Gasteiger charge is -2.36. The zero-order valence-corrected chi connectivity index (χ0v) is 7.01. The quantitative estimate of drug-likeness (QED) is 0.642. The van der Waals surface area contributed by atoms with E-state index in [1.54, 1.807) is 18.3 Å². The van der Waals surface area contributed by atoms with Gasteiger partial charge in [-0.1, -0.05) is 0 Å². The SMILES string of the molecule is [C-]#[N+]c1ccnc(N2CC(O)C2)c1. The third-order valence-electron chi connectivity index (χ3n) is 2.04. The second-order valence-electron chi connectivity index (χ2n) is 3.04. The van der Waals surface area contributed by atoms with Gasteiger partial charge in [-0.15, -0.1) is 0 Å². The van der Waals surface area contributed by atoms with Crippen LogP contribution in [0.4, 0.5) is 11.5 Å². The lowest BCUT2D eigenvalue weighted by atomic mass is 10.2. The summed E-state index contributed by atoms with van der Waals surface area (Å²) in [5.41, 5.74) is 0.589. The minimum absolute atomic E-state index is 0.238. The van der Waals surface area contributed by atoms with E-state index < -0.39 is 0 Å². The lowest BCUT2D eigenvalue weighted by Crippen LogP contribution is -2.51. The Morgan fingerprint density at radius 3 is 3.00 bits per heavy atom. The van der Waals surface area contributed by atoms with Crippen molar-refractivity contribution in [3.05, 3.63) is 29.7 Å². The third kappa shape index (κ3) is 1.46. The minimum atomic E-state index is -0.238. The Labute approximate surface area is 76.3 Å². The highest BCUT2D eigenvalue weighted by Gasteiger charge is 2.25. The van der Waals surface area contributed by atoms with Crippen molar-refractivity contribution in [2.24, 2.45) is 0 Å². The van der Waals surface area contributed by atoms with E-state index in [9.17, 15) is 0 Å². The summed E-state index contributed by atoms with van der Waals surface area (Å²) in [5, 5.41) is 9.08. The Bertz CT molecular complexity index is 352. The first-order valence-corrected chi connectivity index (χ1v) is 4.06. The van der Waals surface area contributed by atoms with Crippen molar-refractivity contribution in [1.82, 2.24) is 4.98 Å². The van der Waals surface area contributed by atoms with Crippen LogP contribution >= 0.6 is 0 Å². The van der Waals surface area contributed by atoms with Crippen molar-refractivity contribution >= 4 is 11.5 Å². The van der Waals surface area contributed by atoms with Crippen molar-refractivity contribution in [3.8, 4) is 0 Å². The first kappa shape index (κ1) is 8.02. The number of pyridine rings is 1. The number of aromatic nitrogens is 1. The standard InChI is InChI=1S/C9H9N3O/c1-10-7-2-3-11-9(4-7)12-5-8(13)6-12/h2-4,8,13H,5-6H2. The van der Waals surface area contributed by atoms with Gasteiger partial charge in [-0.3, -0.25) is 0 Å². The summed E-state index contributed by atoms with van der Waals surface area (Å²) < 4.78 is 0. The summed E-state index contributed by atoms with van der Waals surface area (Å²) in [6.07, 6.45) is 1.38. The number of hydrogen-bond donors (Lipinski definition) is 1. The van der Waals surface area contributed by atoms with Crippen LogP contribution in [0.5, 0.6) is 0 Å². The Morgan fingerprint density at radius 2 is 2.38 bits per heavy atom. The van der Waals surface area contributed by atoms with Crippen LogP contribution in [0.2, 0.25) is 0 Å². The predicted octanol–water partition coefficient (Wildman–Crippen LogP) is 0.813. The van der Waals surface area contributed by atoms with E-state index >= 15 is 0 Å². The molecule has 1 N–H and O–H groups in total. The molecule has 0 aliphatic carbocycles. The maximum absolute atomic E-state index is 9.08. The van der Waals surface area contributed by atoms with Crippen molar-refractivity contribution < 1.29 is 5.11 Å². The first-order chi connectivity index (χ1) is 6.29. The van der Waals surface area contributed by atoms with E-state index in [4.69, 9.17) is 11.7 Å². The highest BCUT2D eigenvalue weighted by molar-refractivity contribution is 5.55. The molecule has 0 atom stereocenters. The van der Waals surface area contributed by atoms with E-state index in [1.165, 1.54) is 0 Å². The van der Waals surface area contributed by atoms with Crippen LogP contribution in [0.25, 0.3) is 4.85 Å². The first-order valence-electron chi connectivity index (χ1n) is 4.06. The summed E-state index contributed by atoms with van der Waals surface area (Å²) in [5.74, 6) is 0.777. The molecule has 2 rings (SSSR count). The van der Waals surface area contributed by atoms with Crippen molar-refractivity contribution in [1.29, 1.82) is 0 Å². The smallest absolute Gasteiger partial charge is 0.192 e. The molecule has 1 saturated heterocycles. The zero-order chi connectivity index (χ0) is 9.26.